The van der Waals surface area contributed by atoms with Gasteiger partial charge in [0, 0.05) is 33.1 Å². The normalized spacial score (nSPS) is 19.3. The number of likely N-dealkylation sites (N-methyl/N-ethyl adjacent to an activating group) is 1. The second kappa shape index (κ2) is 5.87. The van der Waals surface area contributed by atoms with Crippen molar-refractivity contribution >= 4 is 11.8 Å². The first-order chi connectivity index (χ1) is 9.08. The molecule has 0 saturated heterocycles. The summed E-state index contributed by atoms with van der Waals surface area (Å²) in [4.78, 5) is 8.46. The Balaban J connectivity index is 1.95. The monoisotopic (exact) mass is 258 g/mol. The molecule has 4 nitrogen and oxygen atoms in total. The number of amidine groups is 1. The summed E-state index contributed by atoms with van der Waals surface area (Å²) in [6.07, 6.45) is 1.91. The maximum atomic E-state index is 7.86. The maximum Gasteiger partial charge on any atom is 0.219 e. The van der Waals surface area contributed by atoms with Gasteiger partial charge in [-0.05, 0) is 18.9 Å². The number of guanidine groups is 1. The maximum absolute atomic E-state index is 7.86. The standard InChI is InChI=1S/C15H22N4/c1-12-11-14(17-15(16)19(12)3)18(2)10-9-13-7-5-4-6-8-13/h4-8,12,16H,9-11H2,1-3H3. The van der Waals surface area contributed by atoms with Gasteiger partial charge in [-0.15, -0.1) is 0 Å². The number of aliphatic imine (C=N–C) groups is 1. The minimum Gasteiger partial charge on any atom is -0.363 e. The zero-order chi connectivity index (χ0) is 13.8. The molecule has 0 radical (unpaired) electrons. The zero-order valence-electron chi connectivity index (χ0n) is 11.9. The minimum atomic E-state index is 0.346. The van der Waals surface area contributed by atoms with E-state index in [1.165, 1.54) is 5.56 Å². The van der Waals surface area contributed by atoms with Crippen molar-refractivity contribution in [2.24, 2.45) is 4.99 Å². The molecule has 2 rings (SSSR count). The number of hydrogen-bond donors (Lipinski definition) is 1. The number of rotatable bonds is 3. The summed E-state index contributed by atoms with van der Waals surface area (Å²) in [7, 11) is 3.99. The third-order valence-corrected chi connectivity index (χ3v) is 3.73. The van der Waals surface area contributed by atoms with Gasteiger partial charge in [0.1, 0.15) is 5.84 Å². The molecular weight excluding hydrogens is 236 g/mol. The van der Waals surface area contributed by atoms with Crippen LogP contribution in [0.3, 0.4) is 0 Å². The Kier molecular flexibility index (Phi) is 4.20. The Morgan fingerprint density at radius 3 is 2.68 bits per heavy atom. The second-order valence-electron chi connectivity index (χ2n) is 5.17. The van der Waals surface area contributed by atoms with E-state index < -0.39 is 0 Å². The van der Waals surface area contributed by atoms with Gasteiger partial charge in [-0.3, -0.25) is 5.41 Å². The van der Waals surface area contributed by atoms with Crippen molar-refractivity contribution in [2.45, 2.75) is 25.8 Å². The lowest BCUT2D eigenvalue weighted by molar-refractivity contribution is 0.364. The van der Waals surface area contributed by atoms with E-state index in [-0.39, 0.29) is 0 Å². The van der Waals surface area contributed by atoms with Crippen molar-refractivity contribution in [2.75, 3.05) is 20.6 Å². The summed E-state index contributed by atoms with van der Waals surface area (Å²) in [6.45, 7) is 3.07. The largest absolute Gasteiger partial charge is 0.363 e. The summed E-state index contributed by atoms with van der Waals surface area (Å²) in [5.74, 6) is 1.38. The molecule has 0 spiro atoms. The molecule has 1 aliphatic heterocycles. The van der Waals surface area contributed by atoms with Crippen LogP contribution in [0.15, 0.2) is 35.3 Å². The van der Waals surface area contributed by atoms with Crippen LogP contribution in [0, 0.1) is 5.41 Å². The molecular formula is C15H22N4. The Morgan fingerprint density at radius 1 is 1.37 bits per heavy atom. The average Bonchev–Trinajstić information content (AvgIpc) is 2.42. The van der Waals surface area contributed by atoms with Crippen molar-refractivity contribution < 1.29 is 0 Å². The van der Waals surface area contributed by atoms with Crippen molar-refractivity contribution in [1.29, 1.82) is 5.41 Å². The molecule has 0 aromatic heterocycles. The Bertz CT molecular complexity index is 466. The first-order valence-corrected chi connectivity index (χ1v) is 6.72. The van der Waals surface area contributed by atoms with Crippen LogP contribution in [0.2, 0.25) is 0 Å². The van der Waals surface area contributed by atoms with E-state index in [1.807, 2.05) is 18.0 Å². The van der Waals surface area contributed by atoms with Crippen LogP contribution in [0.1, 0.15) is 18.9 Å². The van der Waals surface area contributed by atoms with Gasteiger partial charge in [-0.1, -0.05) is 30.3 Å². The van der Waals surface area contributed by atoms with Crippen molar-refractivity contribution in [3.05, 3.63) is 35.9 Å². The molecule has 1 unspecified atom stereocenters. The van der Waals surface area contributed by atoms with E-state index in [4.69, 9.17) is 5.41 Å². The molecule has 19 heavy (non-hydrogen) atoms. The number of benzene rings is 1. The summed E-state index contributed by atoms with van der Waals surface area (Å²) in [5, 5.41) is 7.86. The smallest absolute Gasteiger partial charge is 0.219 e. The lowest BCUT2D eigenvalue weighted by Crippen LogP contribution is -2.44. The van der Waals surface area contributed by atoms with Gasteiger partial charge in [-0.25, -0.2) is 4.99 Å². The Labute approximate surface area is 115 Å². The molecule has 0 saturated carbocycles. The highest BCUT2D eigenvalue weighted by atomic mass is 15.3. The predicted octanol–water partition coefficient (Wildman–Crippen LogP) is 2.22. The van der Waals surface area contributed by atoms with Crippen molar-refractivity contribution in [1.82, 2.24) is 9.80 Å². The van der Waals surface area contributed by atoms with E-state index >= 15 is 0 Å². The highest BCUT2D eigenvalue weighted by Gasteiger charge is 2.22. The van der Waals surface area contributed by atoms with Crippen molar-refractivity contribution in [3.8, 4) is 0 Å². The van der Waals surface area contributed by atoms with Gasteiger partial charge >= 0.3 is 0 Å². The van der Waals surface area contributed by atoms with Gasteiger partial charge in [0.05, 0.1) is 0 Å². The van der Waals surface area contributed by atoms with Crippen molar-refractivity contribution in [3.63, 3.8) is 0 Å². The van der Waals surface area contributed by atoms with Crippen LogP contribution in [-0.4, -0.2) is 48.3 Å². The Morgan fingerprint density at radius 2 is 2.05 bits per heavy atom. The summed E-state index contributed by atoms with van der Waals surface area (Å²) in [5.41, 5.74) is 1.34. The quantitative estimate of drug-likeness (QED) is 0.903. The second-order valence-corrected chi connectivity index (χ2v) is 5.17. The fourth-order valence-corrected chi connectivity index (χ4v) is 2.17. The van der Waals surface area contributed by atoms with Crippen LogP contribution >= 0.6 is 0 Å². The van der Waals surface area contributed by atoms with Crippen LogP contribution in [0.5, 0.6) is 0 Å². The van der Waals surface area contributed by atoms with Crippen LogP contribution in [-0.2, 0) is 6.42 Å². The van der Waals surface area contributed by atoms with Gasteiger partial charge < -0.3 is 9.80 Å². The van der Waals surface area contributed by atoms with E-state index in [9.17, 15) is 0 Å². The number of hydrogen-bond acceptors (Lipinski definition) is 2. The summed E-state index contributed by atoms with van der Waals surface area (Å²) in [6, 6.07) is 10.8. The molecule has 1 N–H and O–H groups in total. The van der Waals surface area contributed by atoms with Crippen LogP contribution in [0.25, 0.3) is 0 Å². The molecule has 1 aromatic rings. The van der Waals surface area contributed by atoms with E-state index in [0.717, 1.165) is 25.2 Å². The molecule has 0 amide bonds. The van der Waals surface area contributed by atoms with Crippen LogP contribution in [0.4, 0.5) is 0 Å². The Hall–Kier alpha value is -1.84. The molecule has 0 bridgehead atoms. The van der Waals surface area contributed by atoms with Crippen LogP contribution < -0.4 is 0 Å². The molecule has 1 aromatic carbocycles. The molecule has 102 valence electrons. The SMILES string of the molecule is CC1CC(N(C)CCc2ccccc2)=NC(=N)N1C. The lowest BCUT2D eigenvalue weighted by Gasteiger charge is -2.33. The molecule has 1 atom stereocenters. The molecule has 0 fully saturated rings. The third kappa shape index (κ3) is 3.34. The summed E-state index contributed by atoms with van der Waals surface area (Å²) < 4.78 is 0. The van der Waals surface area contributed by atoms with Gasteiger partial charge in [0.25, 0.3) is 0 Å². The molecule has 1 aliphatic rings. The third-order valence-electron chi connectivity index (χ3n) is 3.73. The minimum absolute atomic E-state index is 0.346. The van der Waals surface area contributed by atoms with E-state index in [0.29, 0.717) is 12.0 Å². The zero-order valence-corrected chi connectivity index (χ0v) is 11.9. The van der Waals surface area contributed by atoms with Gasteiger partial charge in [0.2, 0.25) is 5.96 Å². The topological polar surface area (TPSA) is 42.7 Å². The number of nitrogens with one attached hydrogen (secondary N) is 1. The molecule has 0 aliphatic carbocycles. The van der Waals surface area contributed by atoms with Gasteiger partial charge in [0.15, 0.2) is 0 Å². The lowest BCUT2D eigenvalue weighted by atomic mass is 10.1. The van der Waals surface area contributed by atoms with Gasteiger partial charge in [-0.2, -0.15) is 0 Å². The predicted molar refractivity (Wildman–Crippen MR) is 79.8 cm³/mol. The first kappa shape index (κ1) is 13.6. The number of nitrogens with zero attached hydrogens (tertiary/aromatic N) is 3. The summed E-state index contributed by atoms with van der Waals surface area (Å²) >= 11 is 0. The van der Waals surface area contributed by atoms with E-state index in [2.05, 4.69) is 48.1 Å². The average molecular weight is 258 g/mol. The highest BCUT2D eigenvalue weighted by Crippen LogP contribution is 2.13. The fourth-order valence-electron chi connectivity index (χ4n) is 2.17. The fraction of sp³-hybridized carbons (Fsp3) is 0.467. The molecule has 4 heteroatoms. The van der Waals surface area contributed by atoms with E-state index in [1.54, 1.807) is 0 Å². The highest BCUT2D eigenvalue weighted by molar-refractivity contribution is 5.97. The molecule has 1 heterocycles. The first-order valence-electron chi connectivity index (χ1n) is 6.72.